The highest BCUT2D eigenvalue weighted by molar-refractivity contribution is 5.74. The Balaban J connectivity index is 1.48. The van der Waals surface area contributed by atoms with Gasteiger partial charge in [0.1, 0.15) is 11.6 Å². The Morgan fingerprint density at radius 2 is 2.00 bits per heavy atom. The van der Waals surface area contributed by atoms with Gasteiger partial charge < -0.3 is 19.7 Å². The van der Waals surface area contributed by atoms with Crippen molar-refractivity contribution in [3.63, 3.8) is 0 Å². The molecule has 1 fully saturated rings. The van der Waals surface area contributed by atoms with Crippen molar-refractivity contribution < 1.29 is 18.7 Å². The summed E-state index contributed by atoms with van der Waals surface area (Å²) < 4.78 is 18.4. The molecule has 3 rings (SSSR count). The molecular formula is C20H26FN3O3. The third-order valence-electron chi connectivity index (χ3n) is 4.82. The van der Waals surface area contributed by atoms with Gasteiger partial charge in [0.2, 0.25) is 0 Å². The average molecular weight is 375 g/mol. The Kier molecular flexibility index (Phi) is 6.84. The molecule has 1 aromatic carbocycles. The Morgan fingerprint density at radius 1 is 1.26 bits per heavy atom. The topological polar surface area (TPSA) is 69.0 Å². The first-order valence-electron chi connectivity index (χ1n) is 9.29. The molecule has 27 heavy (non-hydrogen) atoms. The molecule has 1 saturated heterocycles. The van der Waals surface area contributed by atoms with E-state index in [0.717, 1.165) is 43.8 Å². The molecule has 0 spiro atoms. The van der Waals surface area contributed by atoms with E-state index in [0.29, 0.717) is 6.54 Å². The number of hydrogen-bond acceptors (Lipinski definition) is 4. The van der Waals surface area contributed by atoms with Crippen molar-refractivity contribution in [2.24, 2.45) is 0 Å². The average Bonchev–Trinajstić information content (AvgIpc) is 3.18. The van der Waals surface area contributed by atoms with E-state index in [9.17, 15) is 14.3 Å². The highest BCUT2D eigenvalue weighted by Crippen LogP contribution is 2.15. The summed E-state index contributed by atoms with van der Waals surface area (Å²) in [5, 5.41) is 12.3. The van der Waals surface area contributed by atoms with Gasteiger partial charge in [0, 0.05) is 32.2 Å². The first kappa shape index (κ1) is 19.4. The number of carbonyl (C=O) groups is 1. The Morgan fingerprint density at radius 3 is 2.63 bits per heavy atom. The Hall–Kier alpha value is -2.38. The minimum atomic E-state index is -0.307. The van der Waals surface area contributed by atoms with Gasteiger partial charge in [-0.05, 0) is 42.7 Å². The second-order valence-electron chi connectivity index (χ2n) is 6.85. The van der Waals surface area contributed by atoms with E-state index in [-0.39, 0.29) is 31.0 Å². The molecule has 0 saturated carbocycles. The molecule has 0 bridgehead atoms. The molecule has 6 nitrogen and oxygen atoms in total. The van der Waals surface area contributed by atoms with Crippen LogP contribution in [0, 0.1) is 5.82 Å². The first-order chi connectivity index (χ1) is 13.1. The van der Waals surface area contributed by atoms with Crippen LogP contribution >= 0.6 is 0 Å². The maximum absolute atomic E-state index is 13.0. The van der Waals surface area contributed by atoms with Crippen LogP contribution in [-0.4, -0.2) is 53.2 Å². The van der Waals surface area contributed by atoms with Crippen molar-refractivity contribution in [3.8, 4) is 0 Å². The third kappa shape index (κ3) is 5.80. The van der Waals surface area contributed by atoms with E-state index in [4.69, 9.17) is 4.42 Å². The molecule has 0 aliphatic carbocycles. The number of furan rings is 1. The lowest BCUT2D eigenvalue weighted by Gasteiger charge is -2.33. The predicted octanol–water partition coefficient (Wildman–Crippen LogP) is 2.59. The lowest BCUT2D eigenvalue weighted by atomic mass is 10.1. The highest BCUT2D eigenvalue weighted by atomic mass is 19.1. The fraction of sp³-hybridized carbons (Fsp3) is 0.450. The van der Waals surface area contributed by atoms with Crippen LogP contribution in [0.4, 0.5) is 9.18 Å². The quantitative estimate of drug-likeness (QED) is 0.781. The van der Waals surface area contributed by atoms with Crippen LogP contribution in [-0.2, 0) is 13.1 Å². The van der Waals surface area contributed by atoms with Crippen LogP contribution in [0.5, 0.6) is 0 Å². The molecule has 0 atom stereocenters. The van der Waals surface area contributed by atoms with Crippen LogP contribution in [0.2, 0.25) is 0 Å². The molecule has 2 amide bonds. The minimum absolute atomic E-state index is 0.111. The van der Waals surface area contributed by atoms with Gasteiger partial charge in [-0.3, -0.25) is 4.90 Å². The van der Waals surface area contributed by atoms with Crippen LogP contribution in [0.3, 0.4) is 0 Å². The maximum Gasteiger partial charge on any atom is 0.317 e. The van der Waals surface area contributed by atoms with Crippen LogP contribution < -0.4 is 5.32 Å². The van der Waals surface area contributed by atoms with Crippen LogP contribution in [0.1, 0.15) is 24.2 Å². The lowest BCUT2D eigenvalue weighted by Crippen LogP contribution is -2.49. The number of halogens is 1. The van der Waals surface area contributed by atoms with Gasteiger partial charge in [-0.15, -0.1) is 0 Å². The number of piperidine rings is 1. The summed E-state index contributed by atoms with van der Waals surface area (Å²) in [5.41, 5.74) is 0.827. The summed E-state index contributed by atoms with van der Waals surface area (Å²) in [6.45, 7) is 3.03. The summed E-state index contributed by atoms with van der Waals surface area (Å²) >= 11 is 0. The van der Waals surface area contributed by atoms with Crippen LogP contribution in [0.25, 0.3) is 0 Å². The van der Waals surface area contributed by atoms with Gasteiger partial charge in [0.05, 0.1) is 19.4 Å². The Labute approximate surface area is 158 Å². The molecule has 2 heterocycles. The summed E-state index contributed by atoms with van der Waals surface area (Å²) in [4.78, 5) is 16.5. The molecule has 0 radical (unpaired) electrons. The fourth-order valence-corrected chi connectivity index (χ4v) is 3.31. The number of hydrogen-bond donors (Lipinski definition) is 2. The first-order valence-corrected chi connectivity index (χ1v) is 9.29. The largest absolute Gasteiger partial charge is 0.468 e. The van der Waals surface area contributed by atoms with E-state index in [1.807, 2.05) is 12.1 Å². The molecule has 1 aromatic heterocycles. The van der Waals surface area contributed by atoms with E-state index in [2.05, 4.69) is 10.2 Å². The summed E-state index contributed by atoms with van der Waals surface area (Å²) in [5.74, 6) is 0.643. The van der Waals surface area contributed by atoms with Gasteiger partial charge >= 0.3 is 6.03 Å². The van der Waals surface area contributed by atoms with Gasteiger partial charge in [-0.25, -0.2) is 9.18 Å². The van der Waals surface area contributed by atoms with E-state index in [1.54, 1.807) is 23.3 Å². The minimum Gasteiger partial charge on any atom is -0.468 e. The van der Waals surface area contributed by atoms with Gasteiger partial charge in [0.25, 0.3) is 0 Å². The molecule has 1 aliphatic rings. The molecule has 2 aromatic rings. The number of aliphatic hydroxyl groups is 1. The number of likely N-dealkylation sites (tertiary alicyclic amines) is 1. The highest BCUT2D eigenvalue weighted by Gasteiger charge is 2.23. The number of amides is 2. The number of nitrogens with zero attached hydrogens (tertiary/aromatic N) is 2. The van der Waals surface area contributed by atoms with Crippen LogP contribution in [0.15, 0.2) is 47.1 Å². The van der Waals surface area contributed by atoms with Crippen molar-refractivity contribution in [3.05, 3.63) is 59.8 Å². The van der Waals surface area contributed by atoms with Crippen molar-refractivity contribution in [2.75, 3.05) is 26.2 Å². The molecule has 2 N–H and O–H groups in total. The van der Waals surface area contributed by atoms with Crippen molar-refractivity contribution in [1.82, 2.24) is 15.1 Å². The monoisotopic (exact) mass is 375 g/mol. The fourth-order valence-electron chi connectivity index (χ4n) is 3.31. The maximum atomic E-state index is 13.0. The second-order valence-corrected chi connectivity index (χ2v) is 6.85. The Bertz CT molecular complexity index is 698. The lowest BCUT2D eigenvalue weighted by molar-refractivity contribution is 0.153. The van der Waals surface area contributed by atoms with Crippen molar-refractivity contribution >= 4 is 6.03 Å². The SMILES string of the molecule is O=C(NC1CCN(Cc2ccco2)CC1)N(CCO)Cc1ccc(F)cc1. The summed E-state index contributed by atoms with van der Waals surface area (Å²) in [7, 11) is 0. The predicted molar refractivity (Wildman–Crippen MR) is 99.4 cm³/mol. The molecule has 0 unspecified atom stereocenters. The number of benzene rings is 1. The van der Waals surface area contributed by atoms with E-state index < -0.39 is 0 Å². The molecular weight excluding hydrogens is 349 g/mol. The molecule has 7 heteroatoms. The number of rotatable bonds is 7. The standard InChI is InChI=1S/C20H26FN3O3/c21-17-5-3-16(4-6-17)14-24(11-12-25)20(26)22-18-7-9-23(10-8-18)15-19-2-1-13-27-19/h1-6,13,18,25H,7-12,14-15H2,(H,22,26). The number of nitrogens with one attached hydrogen (secondary N) is 1. The van der Waals surface area contributed by atoms with Gasteiger partial charge in [0.15, 0.2) is 0 Å². The normalized spacial score (nSPS) is 15.6. The van der Waals surface area contributed by atoms with Gasteiger partial charge in [-0.1, -0.05) is 12.1 Å². The van der Waals surface area contributed by atoms with Crippen molar-refractivity contribution in [2.45, 2.75) is 32.0 Å². The second kappa shape index (κ2) is 9.53. The number of carbonyl (C=O) groups excluding carboxylic acids is 1. The zero-order chi connectivity index (χ0) is 19.1. The number of aliphatic hydroxyl groups excluding tert-OH is 1. The molecule has 146 valence electrons. The third-order valence-corrected chi connectivity index (χ3v) is 4.82. The van der Waals surface area contributed by atoms with Gasteiger partial charge in [-0.2, -0.15) is 0 Å². The summed E-state index contributed by atoms with van der Waals surface area (Å²) in [6.07, 6.45) is 3.42. The number of urea groups is 1. The summed E-state index contributed by atoms with van der Waals surface area (Å²) in [6, 6.07) is 9.82. The zero-order valence-electron chi connectivity index (χ0n) is 15.3. The van der Waals surface area contributed by atoms with E-state index in [1.165, 1.54) is 12.1 Å². The van der Waals surface area contributed by atoms with E-state index >= 15 is 0 Å². The zero-order valence-corrected chi connectivity index (χ0v) is 15.3. The smallest absolute Gasteiger partial charge is 0.317 e. The molecule has 1 aliphatic heterocycles. The van der Waals surface area contributed by atoms with Crippen molar-refractivity contribution in [1.29, 1.82) is 0 Å².